The smallest absolute Gasteiger partial charge is 0.138 e. The standard InChI is InChI=1S/C19H36O/c1-14(18(5,6)7)11-15(13-17(2,3)4)12-16(20)19(8,9)10/h15H,1,11-13H2,2-10H3. The van der Waals surface area contributed by atoms with E-state index in [0.29, 0.717) is 18.1 Å². The second kappa shape index (κ2) is 6.45. The molecule has 0 amide bonds. The first-order chi connectivity index (χ1) is 8.63. The summed E-state index contributed by atoms with van der Waals surface area (Å²) in [7, 11) is 0. The van der Waals surface area contributed by atoms with Crippen LogP contribution in [0.4, 0.5) is 0 Å². The predicted molar refractivity (Wildman–Crippen MR) is 89.9 cm³/mol. The van der Waals surface area contributed by atoms with Crippen LogP contribution in [0.5, 0.6) is 0 Å². The lowest BCUT2D eigenvalue weighted by Crippen LogP contribution is -2.26. The maximum Gasteiger partial charge on any atom is 0.138 e. The SMILES string of the molecule is C=C(CC(CC(=O)C(C)(C)C)CC(C)(C)C)C(C)(C)C. The molecule has 20 heavy (non-hydrogen) atoms. The second-order valence-electron chi connectivity index (χ2n) is 9.57. The van der Waals surface area contributed by atoms with Gasteiger partial charge in [0.15, 0.2) is 0 Å². The van der Waals surface area contributed by atoms with E-state index >= 15 is 0 Å². The Labute approximate surface area is 127 Å². The second-order valence-corrected chi connectivity index (χ2v) is 9.57. The van der Waals surface area contributed by atoms with Crippen molar-refractivity contribution in [1.29, 1.82) is 0 Å². The monoisotopic (exact) mass is 280 g/mol. The zero-order chi connectivity index (χ0) is 16.4. The summed E-state index contributed by atoms with van der Waals surface area (Å²) < 4.78 is 0. The van der Waals surface area contributed by atoms with Crippen LogP contribution in [0.1, 0.15) is 81.6 Å². The largest absolute Gasteiger partial charge is 0.299 e. The molecule has 0 aromatic heterocycles. The molecule has 0 saturated heterocycles. The Morgan fingerprint density at radius 2 is 1.30 bits per heavy atom. The summed E-state index contributed by atoms with van der Waals surface area (Å²) in [5.41, 5.74) is 1.40. The molecule has 118 valence electrons. The number of allylic oxidation sites excluding steroid dienone is 1. The van der Waals surface area contributed by atoms with Crippen LogP contribution >= 0.6 is 0 Å². The highest BCUT2D eigenvalue weighted by molar-refractivity contribution is 5.83. The molecule has 0 aliphatic rings. The van der Waals surface area contributed by atoms with Crippen LogP contribution in [0.3, 0.4) is 0 Å². The Hall–Kier alpha value is -0.590. The van der Waals surface area contributed by atoms with Gasteiger partial charge in [-0.05, 0) is 29.6 Å². The molecular weight excluding hydrogens is 244 g/mol. The third-order valence-corrected chi connectivity index (χ3v) is 3.81. The van der Waals surface area contributed by atoms with Crippen LogP contribution in [0, 0.1) is 22.2 Å². The molecule has 0 aliphatic carbocycles. The molecule has 0 bridgehead atoms. The van der Waals surface area contributed by atoms with Gasteiger partial charge in [0.25, 0.3) is 0 Å². The van der Waals surface area contributed by atoms with Crippen molar-refractivity contribution in [3.63, 3.8) is 0 Å². The number of carbonyl (C=O) groups excluding carboxylic acids is 1. The van der Waals surface area contributed by atoms with E-state index in [4.69, 9.17) is 0 Å². The number of Topliss-reactive ketones (excluding diaryl/α,β-unsaturated/α-hetero) is 1. The summed E-state index contributed by atoms with van der Waals surface area (Å²) in [4.78, 5) is 12.4. The van der Waals surface area contributed by atoms with Gasteiger partial charge in [-0.25, -0.2) is 0 Å². The van der Waals surface area contributed by atoms with E-state index in [-0.39, 0.29) is 16.2 Å². The molecule has 0 rings (SSSR count). The van der Waals surface area contributed by atoms with E-state index in [2.05, 4.69) is 48.1 Å². The van der Waals surface area contributed by atoms with Crippen molar-refractivity contribution in [2.45, 2.75) is 81.6 Å². The number of hydrogen-bond donors (Lipinski definition) is 0. The Bertz CT molecular complexity index is 313. The minimum atomic E-state index is -0.237. The predicted octanol–water partition coefficient (Wildman–Crippen LogP) is 6.04. The van der Waals surface area contributed by atoms with E-state index in [1.807, 2.05) is 20.8 Å². The molecule has 0 fully saturated rings. The van der Waals surface area contributed by atoms with Crippen LogP contribution < -0.4 is 0 Å². The van der Waals surface area contributed by atoms with Gasteiger partial charge in [-0.2, -0.15) is 0 Å². The van der Waals surface area contributed by atoms with E-state index in [1.165, 1.54) is 5.57 Å². The fourth-order valence-electron chi connectivity index (χ4n) is 2.31. The Morgan fingerprint density at radius 3 is 1.60 bits per heavy atom. The van der Waals surface area contributed by atoms with Gasteiger partial charge in [-0.1, -0.05) is 74.5 Å². The maximum atomic E-state index is 12.4. The lowest BCUT2D eigenvalue weighted by atomic mass is 9.73. The van der Waals surface area contributed by atoms with Crippen molar-refractivity contribution in [3.05, 3.63) is 12.2 Å². The van der Waals surface area contributed by atoms with E-state index in [9.17, 15) is 4.79 Å². The molecule has 0 radical (unpaired) electrons. The zero-order valence-electron chi connectivity index (χ0n) is 15.3. The van der Waals surface area contributed by atoms with Crippen molar-refractivity contribution < 1.29 is 4.79 Å². The van der Waals surface area contributed by atoms with E-state index < -0.39 is 0 Å². The van der Waals surface area contributed by atoms with E-state index in [0.717, 1.165) is 12.8 Å². The van der Waals surface area contributed by atoms with Crippen molar-refractivity contribution in [3.8, 4) is 0 Å². The molecule has 0 aromatic rings. The molecule has 0 aromatic carbocycles. The highest BCUT2D eigenvalue weighted by Crippen LogP contribution is 2.36. The molecule has 1 nitrogen and oxygen atoms in total. The Balaban J connectivity index is 4.93. The first-order valence-corrected chi connectivity index (χ1v) is 7.84. The molecule has 1 atom stereocenters. The Morgan fingerprint density at radius 1 is 0.850 bits per heavy atom. The normalized spacial score (nSPS) is 15.1. The summed E-state index contributed by atoms with van der Waals surface area (Å²) in [6, 6.07) is 0. The summed E-state index contributed by atoms with van der Waals surface area (Å²) >= 11 is 0. The lowest BCUT2D eigenvalue weighted by molar-refractivity contribution is -0.127. The first-order valence-electron chi connectivity index (χ1n) is 7.84. The third kappa shape index (κ3) is 7.87. The number of hydrogen-bond acceptors (Lipinski definition) is 1. The highest BCUT2D eigenvalue weighted by atomic mass is 16.1. The molecule has 0 heterocycles. The zero-order valence-corrected chi connectivity index (χ0v) is 15.3. The Kier molecular flexibility index (Phi) is 6.26. The quantitative estimate of drug-likeness (QED) is 0.561. The topological polar surface area (TPSA) is 17.1 Å². The van der Waals surface area contributed by atoms with Gasteiger partial charge in [-0.15, -0.1) is 0 Å². The number of rotatable bonds is 5. The minimum absolute atomic E-state index is 0.126. The lowest BCUT2D eigenvalue weighted by Gasteiger charge is -2.31. The molecule has 0 saturated carbocycles. The van der Waals surface area contributed by atoms with Gasteiger partial charge in [0, 0.05) is 11.8 Å². The van der Waals surface area contributed by atoms with Gasteiger partial charge in [0.2, 0.25) is 0 Å². The van der Waals surface area contributed by atoms with Crippen LogP contribution in [0.25, 0.3) is 0 Å². The van der Waals surface area contributed by atoms with Gasteiger partial charge in [-0.3, -0.25) is 4.79 Å². The van der Waals surface area contributed by atoms with E-state index in [1.54, 1.807) is 0 Å². The third-order valence-electron chi connectivity index (χ3n) is 3.81. The molecule has 0 spiro atoms. The highest BCUT2D eigenvalue weighted by Gasteiger charge is 2.29. The summed E-state index contributed by atoms with van der Waals surface area (Å²) in [5, 5.41) is 0. The van der Waals surface area contributed by atoms with Crippen molar-refractivity contribution in [1.82, 2.24) is 0 Å². The molecule has 1 heteroatoms. The first kappa shape index (κ1) is 19.4. The summed E-state index contributed by atoms with van der Waals surface area (Å²) in [6.07, 6.45) is 2.71. The van der Waals surface area contributed by atoms with Crippen molar-refractivity contribution >= 4 is 5.78 Å². The molecule has 0 N–H and O–H groups in total. The van der Waals surface area contributed by atoms with Crippen LogP contribution in [-0.4, -0.2) is 5.78 Å². The number of ketones is 1. The number of carbonyl (C=O) groups is 1. The minimum Gasteiger partial charge on any atom is -0.299 e. The van der Waals surface area contributed by atoms with Crippen molar-refractivity contribution in [2.24, 2.45) is 22.2 Å². The van der Waals surface area contributed by atoms with Gasteiger partial charge < -0.3 is 0 Å². The maximum absolute atomic E-state index is 12.4. The average molecular weight is 280 g/mol. The van der Waals surface area contributed by atoms with Gasteiger partial charge in [0.05, 0.1) is 0 Å². The molecule has 1 unspecified atom stereocenters. The molecule has 0 aliphatic heterocycles. The fourth-order valence-corrected chi connectivity index (χ4v) is 2.31. The van der Waals surface area contributed by atoms with Crippen LogP contribution in [-0.2, 0) is 4.79 Å². The summed E-state index contributed by atoms with van der Waals surface area (Å²) in [5.74, 6) is 0.780. The molecular formula is C19H36O. The fraction of sp³-hybridized carbons (Fsp3) is 0.842. The van der Waals surface area contributed by atoms with Crippen LogP contribution in [0.15, 0.2) is 12.2 Å². The van der Waals surface area contributed by atoms with Crippen LogP contribution in [0.2, 0.25) is 0 Å². The average Bonchev–Trinajstić information content (AvgIpc) is 2.11. The van der Waals surface area contributed by atoms with Gasteiger partial charge in [0.1, 0.15) is 5.78 Å². The van der Waals surface area contributed by atoms with Crippen molar-refractivity contribution in [2.75, 3.05) is 0 Å². The summed E-state index contributed by atoms with van der Waals surface area (Å²) in [6.45, 7) is 23.7. The van der Waals surface area contributed by atoms with Gasteiger partial charge >= 0.3 is 0 Å².